The molecule has 3 heterocycles. The third-order valence-corrected chi connectivity index (χ3v) is 8.28. The van der Waals surface area contributed by atoms with Gasteiger partial charge >= 0.3 is 0 Å². The molecule has 31 heavy (non-hydrogen) atoms. The molecule has 2 amide bonds. The lowest BCUT2D eigenvalue weighted by atomic mass is 10.2. The first-order valence-corrected chi connectivity index (χ1v) is 12.5. The second-order valence-corrected chi connectivity index (χ2v) is 10.9. The van der Waals surface area contributed by atoms with E-state index in [0.717, 1.165) is 20.4 Å². The fraction of sp³-hybridized carbons (Fsp3) is 0.0455. The number of nitrogens with zero attached hydrogens (tertiary/aromatic N) is 2. The first kappa shape index (κ1) is 20.8. The lowest BCUT2D eigenvalue weighted by Crippen LogP contribution is -2.41. The Balaban J connectivity index is 1.47. The Labute approximate surface area is 201 Å². The molecule has 0 aliphatic carbocycles. The maximum absolute atomic E-state index is 13.5. The van der Waals surface area contributed by atoms with Crippen molar-refractivity contribution < 1.29 is 9.59 Å². The Kier molecular flexibility index (Phi) is 5.66. The van der Waals surface area contributed by atoms with Crippen molar-refractivity contribution in [1.29, 1.82) is 0 Å². The summed E-state index contributed by atoms with van der Waals surface area (Å²) in [6.07, 6.45) is 1.82. The number of benzene rings is 2. The van der Waals surface area contributed by atoms with Gasteiger partial charge in [-0.3, -0.25) is 19.4 Å². The standard InChI is InChI=1S/C22H13ClN2O2S4/c23-13-7-8-18-16(10-13)25(15-5-1-2-6-17(15)30-18)20(26)12-24-21(27)19(31-22(24)28)11-14-4-3-9-29-14/h1-11H,12H2. The molecule has 0 unspecified atom stereocenters. The van der Waals surface area contributed by atoms with Gasteiger partial charge in [0, 0.05) is 19.7 Å². The summed E-state index contributed by atoms with van der Waals surface area (Å²) < 4.78 is 0.382. The summed E-state index contributed by atoms with van der Waals surface area (Å²) in [4.78, 5) is 32.9. The third kappa shape index (κ3) is 3.94. The largest absolute Gasteiger partial charge is 0.283 e. The van der Waals surface area contributed by atoms with Gasteiger partial charge in [-0.05, 0) is 47.9 Å². The lowest BCUT2D eigenvalue weighted by Gasteiger charge is -2.32. The number of anilines is 2. The van der Waals surface area contributed by atoms with E-state index in [9.17, 15) is 9.59 Å². The topological polar surface area (TPSA) is 40.6 Å². The molecule has 154 valence electrons. The summed E-state index contributed by atoms with van der Waals surface area (Å²) in [5, 5.41) is 2.49. The van der Waals surface area contributed by atoms with Crippen molar-refractivity contribution in [3.8, 4) is 0 Å². The summed E-state index contributed by atoms with van der Waals surface area (Å²) >= 11 is 16.0. The van der Waals surface area contributed by atoms with E-state index in [4.69, 9.17) is 23.8 Å². The first-order chi connectivity index (χ1) is 15.0. The SMILES string of the molecule is O=C1C(=Cc2cccs2)SC(=S)N1CC(=O)N1c2ccccc2Sc2ccc(Cl)cc21. The number of thiophene rings is 1. The van der Waals surface area contributed by atoms with Gasteiger partial charge in [-0.1, -0.05) is 65.5 Å². The van der Waals surface area contributed by atoms with Gasteiger partial charge in [-0.15, -0.1) is 11.3 Å². The van der Waals surface area contributed by atoms with E-state index in [-0.39, 0.29) is 18.4 Å². The number of carbonyl (C=O) groups excluding carboxylic acids is 2. The van der Waals surface area contributed by atoms with Crippen molar-refractivity contribution in [3.63, 3.8) is 0 Å². The van der Waals surface area contributed by atoms with E-state index in [1.54, 1.807) is 40.1 Å². The molecule has 0 saturated carbocycles. The van der Waals surface area contributed by atoms with Gasteiger partial charge in [-0.25, -0.2) is 0 Å². The molecule has 2 aromatic carbocycles. The number of carbonyl (C=O) groups is 2. The van der Waals surface area contributed by atoms with E-state index in [0.29, 0.717) is 19.9 Å². The number of rotatable bonds is 3. The molecule has 0 spiro atoms. The Bertz CT molecular complexity index is 1260. The molecule has 0 N–H and O–H groups in total. The van der Waals surface area contributed by atoms with Gasteiger partial charge in [0.15, 0.2) is 0 Å². The highest BCUT2D eigenvalue weighted by Crippen LogP contribution is 2.49. The lowest BCUT2D eigenvalue weighted by molar-refractivity contribution is -0.127. The van der Waals surface area contributed by atoms with E-state index >= 15 is 0 Å². The summed E-state index contributed by atoms with van der Waals surface area (Å²) in [5.41, 5.74) is 1.48. The summed E-state index contributed by atoms with van der Waals surface area (Å²) in [5.74, 6) is -0.493. The van der Waals surface area contributed by atoms with Gasteiger partial charge in [0.25, 0.3) is 11.8 Å². The number of thiocarbonyl (C=S) groups is 1. The molecule has 3 aromatic rings. The predicted octanol–water partition coefficient (Wildman–Crippen LogP) is 6.43. The number of halogens is 1. The molecule has 1 fully saturated rings. The molecular weight excluding hydrogens is 488 g/mol. The van der Waals surface area contributed by atoms with Gasteiger partial charge in [0.05, 0.1) is 16.3 Å². The fourth-order valence-electron chi connectivity index (χ4n) is 3.34. The number of hydrogen-bond acceptors (Lipinski definition) is 6. The van der Waals surface area contributed by atoms with Crippen LogP contribution in [0.1, 0.15) is 4.88 Å². The van der Waals surface area contributed by atoms with Crippen LogP contribution in [-0.2, 0) is 9.59 Å². The number of fused-ring (bicyclic) bond motifs is 2. The molecule has 2 aliphatic rings. The van der Waals surface area contributed by atoms with Crippen molar-refractivity contribution >= 4 is 92.3 Å². The van der Waals surface area contributed by atoms with Crippen molar-refractivity contribution in [2.45, 2.75) is 9.79 Å². The van der Waals surface area contributed by atoms with Crippen LogP contribution in [-0.4, -0.2) is 27.6 Å². The zero-order chi connectivity index (χ0) is 21.5. The Morgan fingerprint density at radius 1 is 1.03 bits per heavy atom. The second-order valence-electron chi connectivity index (χ2n) is 6.69. The molecule has 4 nitrogen and oxygen atoms in total. The number of amides is 2. The van der Waals surface area contributed by atoms with Gasteiger partial charge in [-0.2, -0.15) is 0 Å². The minimum Gasteiger partial charge on any atom is -0.283 e. The quantitative estimate of drug-likeness (QED) is 0.306. The number of para-hydroxylation sites is 1. The average Bonchev–Trinajstić information content (AvgIpc) is 3.36. The van der Waals surface area contributed by atoms with Crippen LogP contribution in [0, 0.1) is 0 Å². The molecule has 5 rings (SSSR count). The zero-order valence-electron chi connectivity index (χ0n) is 15.8. The minimum atomic E-state index is -0.247. The molecule has 0 atom stereocenters. The van der Waals surface area contributed by atoms with Crippen LogP contribution in [0.4, 0.5) is 11.4 Å². The molecule has 0 radical (unpaired) electrons. The van der Waals surface area contributed by atoms with Crippen molar-refractivity contribution in [1.82, 2.24) is 4.90 Å². The van der Waals surface area contributed by atoms with Crippen LogP contribution >= 0.6 is 58.7 Å². The average molecular weight is 501 g/mol. The smallest absolute Gasteiger partial charge is 0.266 e. The normalized spacial score (nSPS) is 16.6. The first-order valence-electron chi connectivity index (χ1n) is 9.19. The summed E-state index contributed by atoms with van der Waals surface area (Å²) in [6, 6.07) is 17.0. The van der Waals surface area contributed by atoms with Gasteiger partial charge < -0.3 is 0 Å². The minimum absolute atomic E-state index is 0.141. The maximum Gasteiger partial charge on any atom is 0.266 e. The van der Waals surface area contributed by atoms with Crippen LogP contribution < -0.4 is 4.90 Å². The zero-order valence-corrected chi connectivity index (χ0v) is 19.8. The van der Waals surface area contributed by atoms with E-state index in [1.165, 1.54) is 16.7 Å². The van der Waals surface area contributed by atoms with Crippen LogP contribution in [0.5, 0.6) is 0 Å². The van der Waals surface area contributed by atoms with Crippen molar-refractivity contribution in [3.05, 3.63) is 74.8 Å². The fourth-order valence-corrected chi connectivity index (χ4v) is 6.52. The molecular formula is C22H13ClN2O2S4. The highest BCUT2D eigenvalue weighted by Gasteiger charge is 2.36. The van der Waals surface area contributed by atoms with Crippen LogP contribution in [0.25, 0.3) is 6.08 Å². The highest BCUT2D eigenvalue weighted by atomic mass is 35.5. The summed E-state index contributed by atoms with van der Waals surface area (Å²) in [7, 11) is 0. The summed E-state index contributed by atoms with van der Waals surface area (Å²) in [6.45, 7) is -0.141. The van der Waals surface area contributed by atoms with Crippen LogP contribution in [0.15, 0.2) is 74.7 Å². The van der Waals surface area contributed by atoms with E-state index in [1.807, 2.05) is 53.9 Å². The number of thioether (sulfide) groups is 1. The Morgan fingerprint density at radius 3 is 2.65 bits per heavy atom. The third-order valence-electron chi connectivity index (χ3n) is 4.72. The monoisotopic (exact) mass is 500 g/mol. The van der Waals surface area contributed by atoms with Gasteiger partial charge in [0.2, 0.25) is 0 Å². The Hall–Kier alpha value is -2.10. The van der Waals surface area contributed by atoms with Crippen LogP contribution in [0.3, 0.4) is 0 Å². The second kappa shape index (κ2) is 8.44. The predicted molar refractivity (Wildman–Crippen MR) is 133 cm³/mol. The van der Waals surface area contributed by atoms with Crippen LogP contribution in [0.2, 0.25) is 5.02 Å². The maximum atomic E-state index is 13.5. The van der Waals surface area contributed by atoms with Gasteiger partial charge in [0.1, 0.15) is 10.9 Å². The number of hydrogen-bond donors (Lipinski definition) is 0. The molecule has 1 saturated heterocycles. The van der Waals surface area contributed by atoms with E-state index < -0.39 is 0 Å². The molecule has 0 bridgehead atoms. The molecule has 1 aromatic heterocycles. The van der Waals surface area contributed by atoms with Crippen molar-refractivity contribution in [2.24, 2.45) is 0 Å². The Morgan fingerprint density at radius 2 is 1.84 bits per heavy atom. The van der Waals surface area contributed by atoms with Crippen molar-refractivity contribution in [2.75, 3.05) is 11.4 Å². The molecule has 2 aliphatic heterocycles. The van der Waals surface area contributed by atoms with E-state index in [2.05, 4.69) is 0 Å². The molecule has 9 heteroatoms. The highest BCUT2D eigenvalue weighted by molar-refractivity contribution is 8.26.